The van der Waals surface area contributed by atoms with Gasteiger partial charge >= 0.3 is 0 Å². The standard InChI is InChI=1S/C19H21F2N3O/c20-15-4-2-13(10-16(15)21)3-5-17(25)24-9-1-7-19(12-24)8-6-14-11-22-23-18(14)19/h2,4,10-11H,1,3,5-9,12H2,(H,22,23). The SMILES string of the molecule is O=C(CCc1ccc(F)c(F)c1)N1CCCC2(CCc3cn[nH]c32)C1. The topological polar surface area (TPSA) is 49.0 Å². The number of piperidine rings is 1. The van der Waals surface area contributed by atoms with E-state index in [9.17, 15) is 13.6 Å². The molecule has 4 nitrogen and oxygen atoms in total. The fraction of sp³-hybridized carbons (Fsp3) is 0.474. The first kappa shape index (κ1) is 16.2. The zero-order valence-electron chi connectivity index (χ0n) is 14.0. The van der Waals surface area contributed by atoms with Gasteiger partial charge in [0.05, 0.1) is 6.20 Å². The molecule has 1 spiro atoms. The lowest BCUT2D eigenvalue weighted by atomic mass is 9.77. The molecular weight excluding hydrogens is 324 g/mol. The highest BCUT2D eigenvalue weighted by Gasteiger charge is 2.44. The Hall–Kier alpha value is -2.24. The quantitative estimate of drug-likeness (QED) is 0.929. The van der Waals surface area contributed by atoms with E-state index in [-0.39, 0.29) is 11.3 Å². The van der Waals surface area contributed by atoms with E-state index < -0.39 is 11.6 Å². The largest absolute Gasteiger partial charge is 0.342 e. The third-order valence-electron chi connectivity index (χ3n) is 5.66. The zero-order valence-corrected chi connectivity index (χ0v) is 14.0. The van der Waals surface area contributed by atoms with E-state index in [1.807, 2.05) is 11.1 Å². The number of aromatic nitrogens is 2. The zero-order chi connectivity index (χ0) is 17.4. The molecule has 1 saturated heterocycles. The Kier molecular flexibility index (Phi) is 4.06. The van der Waals surface area contributed by atoms with Gasteiger partial charge in [-0.2, -0.15) is 5.10 Å². The predicted octanol–water partition coefficient (Wildman–Crippen LogP) is 3.13. The number of likely N-dealkylation sites (tertiary alicyclic amines) is 1. The van der Waals surface area contributed by atoms with Crippen LogP contribution in [0.1, 0.15) is 42.5 Å². The van der Waals surface area contributed by atoms with Gasteiger partial charge in [-0.15, -0.1) is 0 Å². The Bertz CT molecular complexity index is 804. The van der Waals surface area contributed by atoms with Crippen LogP contribution in [0.2, 0.25) is 0 Å². The molecule has 0 bridgehead atoms. The van der Waals surface area contributed by atoms with Gasteiger partial charge in [0, 0.05) is 30.6 Å². The second-order valence-corrected chi connectivity index (χ2v) is 7.22. The summed E-state index contributed by atoms with van der Waals surface area (Å²) in [6, 6.07) is 3.83. The number of fused-ring (bicyclic) bond motifs is 2. The molecule has 1 fully saturated rings. The van der Waals surface area contributed by atoms with Gasteiger partial charge in [0.2, 0.25) is 5.91 Å². The Morgan fingerprint density at radius 2 is 2.16 bits per heavy atom. The van der Waals surface area contributed by atoms with Gasteiger partial charge in [-0.3, -0.25) is 9.89 Å². The van der Waals surface area contributed by atoms with E-state index >= 15 is 0 Å². The van der Waals surface area contributed by atoms with Gasteiger partial charge in [0.15, 0.2) is 11.6 Å². The van der Waals surface area contributed by atoms with Gasteiger partial charge in [0.1, 0.15) is 0 Å². The number of amides is 1. The maximum absolute atomic E-state index is 13.3. The number of hydrogen-bond acceptors (Lipinski definition) is 2. The molecule has 1 aromatic carbocycles. The highest BCUT2D eigenvalue weighted by atomic mass is 19.2. The molecule has 2 aromatic rings. The van der Waals surface area contributed by atoms with Crippen LogP contribution in [0.5, 0.6) is 0 Å². The number of aryl methyl sites for hydroxylation is 2. The third kappa shape index (κ3) is 2.94. The minimum atomic E-state index is -0.861. The molecule has 1 aliphatic carbocycles. The van der Waals surface area contributed by atoms with E-state index in [0.29, 0.717) is 18.4 Å². The third-order valence-corrected chi connectivity index (χ3v) is 5.66. The van der Waals surface area contributed by atoms with Gasteiger partial charge in [0.25, 0.3) is 0 Å². The van der Waals surface area contributed by atoms with Crippen molar-refractivity contribution in [1.82, 2.24) is 15.1 Å². The van der Waals surface area contributed by atoms with E-state index in [1.165, 1.54) is 23.4 Å². The molecule has 6 heteroatoms. The number of nitrogens with one attached hydrogen (secondary N) is 1. The summed E-state index contributed by atoms with van der Waals surface area (Å²) in [5.74, 6) is -1.64. The summed E-state index contributed by atoms with van der Waals surface area (Å²) >= 11 is 0. The average molecular weight is 345 g/mol. The second-order valence-electron chi connectivity index (χ2n) is 7.22. The second kappa shape index (κ2) is 6.24. The molecule has 1 unspecified atom stereocenters. The molecule has 25 heavy (non-hydrogen) atoms. The molecule has 1 atom stereocenters. The Morgan fingerprint density at radius 1 is 1.28 bits per heavy atom. The van der Waals surface area contributed by atoms with E-state index in [0.717, 1.165) is 44.8 Å². The number of carbonyl (C=O) groups is 1. The first-order valence-corrected chi connectivity index (χ1v) is 8.82. The van der Waals surface area contributed by atoms with Gasteiger partial charge in [-0.1, -0.05) is 6.07 Å². The van der Waals surface area contributed by atoms with Crippen molar-refractivity contribution in [3.05, 3.63) is 52.9 Å². The van der Waals surface area contributed by atoms with Crippen LogP contribution in [-0.4, -0.2) is 34.1 Å². The molecule has 1 aromatic heterocycles. The van der Waals surface area contributed by atoms with Crippen molar-refractivity contribution in [2.24, 2.45) is 0 Å². The van der Waals surface area contributed by atoms with Crippen LogP contribution in [0, 0.1) is 11.6 Å². The predicted molar refractivity (Wildman–Crippen MR) is 89.1 cm³/mol. The summed E-state index contributed by atoms with van der Waals surface area (Å²) in [6.45, 7) is 1.49. The molecule has 0 saturated carbocycles. The molecule has 2 aliphatic rings. The maximum atomic E-state index is 13.3. The van der Waals surface area contributed by atoms with Crippen molar-refractivity contribution < 1.29 is 13.6 Å². The monoisotopic (exact) mass is 345 g/mol. The summed E-state index contributed by atoms with van der Waals surface area (Å²) < 4.78 is 26.3. The average Bonchev–Trinajstić information content (AvgIpc) is 3.21. The van der Waals surface area contributed by atoms with Crippen LogP contribution in [0.3, 0.4) is 0 Å². The van der Waals surface area contributed by atoms with Gasteiger partial charge in [-0.05, 0) is 55.4 Å². The number of benzene rings is 1. The van der Waals surface area contributed by atoms with Crippen molar-refractivity contribution >= 4 is 5.91 Å². The number of aromatic amines is 1. The molecular formula is C19H21F2N3O. The normalized spacial score (nSPS) is 22.4. The summed E-state index contributed by atoms with van der Waals surface area (Å²) in [5.41, 5.74) is 3.14. The lowest BCUT2D eigenvalue weighted by Gasteiger charge is -2.40. The van der Waals surface area contributed by atoms with Crippen molar-refractivity contribution in [3.8, 4) is 0 Å². The number of carbonyl (C=O) groups excluding carboxylic acids is 1. The summed E-state index contributed by atoms with van der Waals surface area (Å²) in [7, 11) is 0. The maximum Gasteiger partial charge on any atom is 0.222 e. The first-order chi connectivity index (χ1) is 12.1. The van der Waals surface area contributed by atoms with Crippen LogP contribution in [0.15, 0.2) is 24.4 Å². The molecule has 1 amide bonds. The Morgan fingerprint density at radius 3 is 3.00 bits per heavy atom. The van der Waals surface area contributed by atoms with E-state index in [2.05, 4.69) is 10.2 Å². The molecule has 1 aliphatic heterocycles. The lowest BCUT2D eigenvalue weighted by Crippen LogP contribution is -2.47. The summed E-state index contributed by atoms with van der Waals surface area (Å²) in [5, 5.41) is 7.30. The van der Waals surface area contributed by atoms with Crippen LogP contribution in [0.4, 0.5) is 8.78 Å². The fourth-order valence-corrected chi connectivity index (χ4v) is 4.32. The van der Waals surface area contributed by atoms with Crippen molar-refractivity contribution in [2.75, 3.05) is 13.1 Å². The van der Waals surface area contributed by atoms with Crippen molar-refractivity contribution in [2.45, 2.75) is 43.9 Å². The minimum absolute atomic E-state index is 0.0156. The number of nitrogens with zero attached hydrogens (tertiary/aromatic N) is 2. The number of hydrogen-bond donors (Lipinski definition) is 1. The molecule has 2 heterocycles. The van der Waals surface area contributed by atoms with Crippen molar-refractivity contribution in [3.63, 3.8) is 0 Å². The summed E-state index contributed by atoms with van der Waals surface area (Å²) in [6.07, 6.45) is 6.77. The Labute approximate surface area is 145 Å². The van der Waals surface area contributed by atoms with Crippen LogP contribution >= 0.6 is 0 Å². The van der Waals surface area contributed by atoms with Crippen LogP contribution in [0.25, 0.3) is 0 Å². The van der Waals surface area contributed by atoms with Crippen LogP contribution < -0.4 is 0 Å². The van der Waals surface area contributed by atoms with Crippen LogP contribution in [-0.2, 0) is 23.1 Å². The first-order valence-electron chi connectivity index (χ1n) is 8.82. The highest BCUT2D eigenvalue weighted by Crippen LogP contribution is 2.43. The van der Waals surface area contributed by atoms with E-state index in [1.54, 1.807) is 0 Å². The van der Waals surface area contributed by atoms with Gasteiger partial charge < -0.3 is 4.90 Å². The fourth-order valence-electron chi connectivity index (χ4n) is 4.32. The van der Waals surface area contributed by atoms with Gasteiger partial charge in [-0.25, -0.2) is 8.78 Å². The number of halogens is 2. The summed E-state index contributed by atoms with van der Waals surface area (Å²) in [4.78, 5) is 14.6. The number of H-pyrrole nitrogens is 1. The minimum Gasteiger partial charge on any atom is -0.342 e. The molecule has 1 N–H and O–H groups in total. The Balaban J connectivity index is 1.41. The lowest BCUT2D eigenvalue weighted by molar-refractivity contribution is -0.133. The highest BCUT2D eigenvalue weighted by molar-refractivity contribution is 5.76. The molecule has 4 rings (SSSR count). The van der Waals surface area contributed by atoms with E-state index in [4.69, 9.17) is 0 Å². The number of rotatable bonds is 3. The smallest absolute Gasteiger partial charge is 0.222 e. The molecule has 132 valence electrons. The van der Waals surface area contributed by atoms with Crippen molar-refractivity contribution in [1.29, 1.82) is 0 Å². The molecule has 0 radical (unpaired) electrons.